The van der Waals surface area contributed by atoms with Gasteiger partial charge in [-0.15, -0.1) is 0 Å². The van der Waals surface area contributed by atoms with E-state index in [1.54, 1.807) is 0 Å². The number of hydrogen-bond acceptors (Lipinski definition) is 4. The molecule has 3 rings (SSSR count). The van der Waals surface area contributed by atoms with E-state index in [9.17, 15) is 9.90 Å². The van der Waals surface area contributed by atoms with Gasteiger partial charge in [0, 0.05) is 18.5 Å². The van der Waals surface area contributed by atoms with Crippen molar-refractivity contribution in [1.29, 1.82) is 0 Å². The van der Waals surface area contributed by atoms with Crippen molar-refractivity contribution in [2.75, 3.05) is 26.2 Å². The summed E-state index contributed by atoms with van der Waals surface area (Å²) in [7, 11) is 0. The van der Waals surface area contributed by atoms with Gasteiger partial charge >= 0.3 is 0 Å². The molecule has 0 radical (unpaired) electrons. The van der Waals surface area contributed by atoms with Crippen LogP contribution in [0.5, 0.6) is 5.75 Å². The number of aliphatic hydroxyl groups excluding tert-OH is 1. The van der Waals surface area contributed by atoms with Gasteiger partial charge in [0.25, 0.3) is 0 Å². The summed E-state index contributed by atoms with van der Waals surface area (Å²) in [5.74, 6) is 1.00. The fourth-order valence-electron chi connectivity index (χ4n) is 3.70. The van der Waals surface area contributed by atoms with Crippen molar-refractivity contribution in [1.82, 2.24) is 10.2 Å². The summed E-state index contributed by atoms with van der Waals surface area (Å²) in [5.41, 5.74) is 2.31. The number of piperidine rings is 1. The van der Waals surface area contributed by atoms with Crippen LogP contribution in [-0.2, 0) is 4.79 Å². The normalized spacial score (nSPS) is 16.6. The third kappa shape index (κ3) is 6.58. The molecule has 5 nitrogen and oxygen atoms in total. The molecule has 1 atom stereocenters. The molecule has 156 valence electrons. The molecule has 2 aromatic carbocycles. The van der Waals surface area contributed by atoms with Gasteiger partial charge in [-0.05, 0) is 63.0 Å². The van der Waals surface area contributed by atoms with Gasteiger partial charge < -0.3 is 20.1 Å². The lowest BCUT2D eigenvalue weighted by Gasteiger charge is -2.32. The van der Waals surface area contributed by atoms with Crippen molar-refractivity contribution >= 4 is 5.91 Å². The molecule has 1 amide bonds. The summed E-state index contributed by atoms with van der Waals surface area (Å²) in [6, 6.07) is 18.3. The zero-order chi connectivity index (χ0) is 20.6. The minimum Gasteiger partial charge on any atom is -0.491 e. The van der Waals surface area contributed by atoms with Crippen LogP contribution < -0.4 is 10.1 Å². The number of carbonyl (C=O) groups is 1. The number of likely N-dealkylation sites (tertiary alicyclic amines) is 1. The maximum atomic E-state index is 12.1. The fourth-order valence-corrected chi connectivity index (χ4v) is 3.70. The molecule has 0 bridgehead atoms. The SMILES string of the molecule is CC(C)NC(=O)C1CCN(CC(O)COc2ccc(-c3ccccc3)cc2)CC1. The minimum absolute atomic E-state index is 0.0881. The van der Waals surface area contributed by atoms with Crippen molar-refractivity contribution in [3.8, 4) is 16.9 Å². The molecular weight excluding hydrogens is 364 g/mol. The van der Waals surface area contributed by atoms with Crippen LogP contribution in [0.1, 0.15) is 26.7 Å². The molecule has 1 saturated heterocycles. The maximum Gasteiger partial charge on any atom is 0.223 e. The monoisotopic (exact) mass is 396 g/mol. The topological polar surface area (TPSA) is 61.8 Å². The van der Waals surface area contributed by atoms with Gasteiger partial charge in [0.1, 0.15) is 18.5 Å². The van der Waals surface area contributed by atoms with Crippen LogP contribution in [0.25, 0.3) is 11.1 Å². The van der Waals surface area contributed by atoms with Crippen molar-refractivity contribution in [2.45, 2.75) is 38.8 Å². The van der Waals surface area contributed by atoms with Crippen LogP contribution in [-0.4, -0.2) is 54.3 Å². The molecular formula is C24H32N2O3. The Morgan fingerprint density at radius 2 is 1.69 bits per heavy atom. The van der Waals surface area contributed by atoms with Crippen molar-refractivity contribution in [3.05, 3.63) is 54.6 Å². The third-order valence-electron chi connectivity index (χ3n) is 5.26. The summed E-state index contributed by atoms with van der Waals surface area (Å²) in [6.45, 7) is 6.47. The first-order valence-electron chi connectivity index (χ1n) is 10.5. The predicted molar refractivity (Wildman–Crippen MR) is 116 cm³/mol. The first kappa shape index (κ1) is 21.3. The molecule has 1 aliphatic rings. The molecule has 0 saturated carbocycles. The van der Waals surface area contributed by atoms with Crippen molar-refractivity contribution in [2.24, 2.45) is 5.92 Å². The van der Waals surface area contributed by atoms with Crippen LogP contribution in [0.2, 0.25) is 0 Å². The molecule has 0 aliphatic carbocycles. The Balaban J connectivity index is 1.39. The second-order valence-corrected chi connectivity index (χ2v) is 8.09. The van der Waals surface area contributed by atoms with Crippen molar-refractivity contribution < 1.29 is 14.6 Å². The molecule has 29 heavy (non-hydrogen) atoms. The second kappa shape index (κ2) is 10.4. The summed E-state index contributed by atoms with van der Waals surface area (Å²) < 4.78 is 5.76. The van der Waals surface area contributed by atoms with E-state index in [1.807, 2.05) is 56.3 Å². The predicted octanol–water partition coefficient (Wildman–Crippen LogP) is 3.33. The second-order valence-electron chi connectivity index (χ2n) is 8.09. The molecule has 2 aromatic rings. The highest BCUT2D eigenvalue weighted by molar-refractivity contribution is 5.79. The first-order valence-corrected chi connectivity index (χ1v) is 10.5. The highest BCUT2D eigenvalue weighted by Crippen LogP contribution is 2.22. The number of benzene rings is 2. The van der Waals surface area contributed by atoms with Crippen molar-refractivity contribution in [3.63, 3.8) is 0 Å². The maximum absolute atomic E-state index is 12.1. The highest BCUT2D eigenvalue weighted by atomic mass is 16.5. The number of nitrogens with zero attached hydrogens (tertiary/aromatic N) is 1. The third-order valence-corrected chi connectivity index (χ3v) is 5.26. The molecule has 5 heteroatoms. The Hall–Kier alpha value is -2.37. The van der Waals surface area contributed by atoms with E-state index in [-0.39, 0.29) is 24.5 Å². The summed E-state index contributed by atoms with van der Waals surface area (Å²) >= 11 is 0. The number of nitrogens with one attached hydrogen (secondary N) is 1. The molecule has 0 spiro atoms. The van der Waals surface area contributed by atoms with E-state index < -0.39 is 6.10 Å². The Bertz CT molecular complexity index is 753. The summed E-state index contributed by atoms with van der Waals surface area (Å²) in [4.78, 5) is 14.3. The molecule has 0 aromatic heterocycles. The summed E-state index contributed by atoms with van der Waals surface area (Å²) in [6.07, 6.45) is 1.13. The smallest absolute Gasteiger partial charge is 0.223 e. The average molecular weight is 397 g/mol. The lowest BCUT2D eigenvalue weighted by atomic mass is 9.95. The average Bonchev–Trinajstić information content (AvgIpc) is 2.73. The minimum atomic E-state index is -0.551. The van der Waals surface area contributed by atoms with Crippen LogP contribution in [0.4, 0.5) is 0 Å². The number of rotatable bonds is 8. The van der Waals surface area contributed by atoms with E-state index >= 15 is 0 Å². The van der Waals surface area contributed by atoms with Crippen LogP contribution in [0.3, 0.4) is 0 Å². The van der Waals surface area contributed by atoms with Gasteiger partial charge in [0.15, 0.2) is 0 Å². The van der Waals surface area contributed by atoms with Gasteiger partial charge in [-0.25, -0.2) is 0 Å². The largest absolute Gasteiger partial charge is 0.491 e. The Morgan fingerprint density at radius 3 is 2.31 bits per heavy atom. The zero-order valence-corrected chi connectivity index (χ0v) is 17.4. The van der Waals surface area contributed by atoms with Crippen LogP contribution in [0.15, 0.2) is 54.6 Å². The molecule has 1 unspecified atom stereocenters. The first-order chi connectivity index (χ1) is 14.0. The standard InChI is InChI=1S/C24H32N2O3/c1-18(2)25-24(28)21-12-14-26(15-13-21)16-22(27)17-29-23-10-8-20(9-11-23)19-6-4-3-5-7-19/h3-11,18,21-22,27H,12-17H2,1-2H3,(H,25,28). The van der Waals surface area contributed by atoms with Gasteiger partial charge in [-0.1, -0.05) is 42.5 Å². The van der Waals surface area contributed by atoms with E-state index in [0.717, 1.165) is 37.2 Å². The number of hydrogen-bond donors (Lipinski definition) is 2. The number of ether oxygens (including phenoxy) is 1. The fraction of sp³-hybridized carbons (Fsp3) is 0.458. The van der Waals surface area contributed by atoms with E-state index in [4.69, 9.17) is 4.74 Å². The van der Waals surface area contributed by atoms with Gasteiger partial charge in [0.05, 0.1) is 0 Å². The Labute approximate surface area is 173 Å². The Kier molecular flexibility index (Phi) is 7.67. The molecule has 1 heterocycles. The Morgan fingerprint density at radius 1 is 1.07 bits per heavy atom. The summed E-state index contributed by atoms with van der Waals surface area (Å²) in [5, 5.41) is 13.3. The number of aliphatic hydroxyl groups is 1. The molecule has 1 aliphatic heterocycles. The van der Waals surface area contributed by atoms with Gasteiger partial charge in [-0.2, -0.15) is 0 Å². The van der Waals surface area contributed by atoms with Crippen LogP contribution in [0, 0.1) is 5.92 Å². The van der Waals surface area contributed by atoms with E-state index in [2.05, 4.69) is 22.3 Å². The quantitative estimate of drug-likeness (QED) is 0.719. The van der Waals surface area contributed by atoms with E-state index in [0.29, 0.717) is 6.54 Å². The van der Waals surface area contributed by atoms with Gasteiger partial charge in [-0.3, -0.25) is 4.79 Å². The molecule has 2 N–H and O–H groups in total. The van der Waals surface area contributed by atoms with Gasteiger partial charge in [0.2, 0.25) is 5.91 Å². The van der Waals surface area contributed by atoms with E-state index in [1.165, 1.54) is 5.56 Å². The zero-order valence-electron chi connectivity index (χ0n) is 17.4. The molecule has 1 fully saturated rings. The lowest BCUT2D eigenvalue weighted by molar-refractivity contribution is -0.127. The number of β-amino-alcohol motifs (C(OH)–C–C–N with tert-alkyl or cyclic N) is 1. The lowest BCUT2D eigenvalue weighted by Crippen LogP contribution is -2.45. The number of carbonyl (C=O) groups excluding carboxylic acids is 1. The number of amides is 1. The highest BCUT2D eigenvalue weighted by Gasteiger charge is 2.26. The van der Waals surface area contributed by atoms with Crippen LogP contribution >= 0.6 is 0 Å².